The molecule has 1 unspecified atom stereocenters. The lowest BCUT2D eigenvalue weighted by Gasteiger charge is -2.23. The molecule has 0 radical (unpaired) electrons. The second kappa shape index (κ2) is 4.53. The number of anilines is 1. The third-order valence-corrected chi connectivity index (χ3v) is 2.84. The van der Waals surface area contributed by atoms with E-state index in [1.54, 1.807) is 11.1 Å². The molecule has 0 fully saturated rings. The van der Waals surface area contributed by atoms with Gasteiger partial charge >= 0.3 is 0 Å². The molecule has 1 aliphatic rings. The van der Waals surface area contributed by atoms with Crippen LogP contribution in [0.2, 0.25) is 0 Å². The molecule has 90 valence electrons. The quantitative estimate of drug-likeness (QED) is 0.809. The van der Waals surface area contributed by atoms with Crippen molar-refractivity contribution in [2.24, 2.45) is 0 Å². The average Bonchev–Trinajstić information content (AvgIpc) is 2.64. The molecule has 0 saturated heterocycles. The highest BCUT2D eigenvalue weighted by atomic mass is 16.2. The van der Waals surface area contributed by atoms with Gasteiger partial charge in [0.25, 0.3) is 0 Å². The van der Waals surface area contributed by atoms with Crippen molar-refractivity contribution in [1.29, 1.82) is 0 Å². The van der Waals surface area contributed by atoms with Gasteiger partial charge in [0.15, 0.2) is 0 Å². The first kappa shape index (κ1) is 11.6. The number of nitrogens with zero attached hydrogens (tertiary/aromatic N) is 2. The van der Waals surface area contributed by atoms with Gasteiger partial charge in [-0.25, -0.2) is 4.98 Å². The van der Waals surface area contributed by atoms with E-state index in [2.05, 4.69) is 10.3 Å². The van der Waals surface area contributed by atoms with Gasteiger partial charge in [0.05, 0.1) is 6.04 Å². The topological polar surface area (TPSA) is 62.3 Å². The average molecular weight is 233 g/mol. The predicted molar refractivity (Wildman–Crippen MR) is 63.6 cm³/mol. The normalized spacial score (nSPS) is 17.8. The van der Waals surface area contributed by atoms with Gasteiger partial charge in [-0.15, -0.1) is 0 Å². The van der Waals surface area contributed by atoms with Gasteiger partial charge in [0.2, 0.25) is 11.8 Å². The molecule has 1 N–H and O–H groups in total. The molecule has 0 bridgehead atoms. The standard InChI is InChI=1S/C12H15N3O2/c1-8(16)14-7-11-6-10-4-3-5-13-12(10)15(11)9(2)17/h3-5,11H,6-7H2,1-2H3,(H,14,16). The summed E-state index contributed by atoms with van der Waals surface area (Å²) in [5.74, 6) is 0.588. The summed E-state index contributed by atoms with van der Waals surface area (Å²) in [6.07, 6.45) is 2.42. The van der Waals surface area contributed by atoms with Gasteiger partial charge < -0.3 is 5.32 Å². The molecule has 0 aromatic carbocycles. The fraction of sp³-hybridized carbons (Fsp3) is 0.417. The molecule has 1 aromatic rings. The number of hydrogen-bond acceptors (Lipinski definition) is 3. The van der Waals surface area contributed by atoms with Crippen LogP contribution in [-0.4, -0.2) is 29.4 Å². The first-order valence-corrected chi connectivity index (χ1v) is 5.57. The minimum Gasteiger partial charge on any atom is -0.354 e. The van der Waals surface area contributed by atoms with Crippen LogP contribution in [0, 0.1) is 0 Å². The van der Waals surface area contributed by atoms with E-state index in [0.717, 1.165) is 17.8 Å². The third kappa shape index (κ3) is 2.27. The van der Waals surface area contributed by atoms with Crippen molar-refractivity contribution in [2.45, 2.75) is 26.3 Å². The number of amides is 2. The van der Waals surface area contributed by atoms with Crippen LogP contribution in [0.1, 0.15) is 19.4 Å². The second-order valence-corrected chi connectivity index (χ2v) is 4.17. The first-order chi connectivity index (χ1) is 8.09. The zero-order valence-corrected chi connectivity index (χ0v) is 9.93. The fourth-order valence-corrected chi connectivity index (χ4v) is 2.16. The van der Waals surface area contributed by atoms with E-state index in [9.17, 15) is 9.59 Å². The Morgan fingerprint density at radius 1 is 1.53 bits per heavy atom. The molecule has 2 amide bonds. The number of rotatable bonds is 2. The molecule has 1 atom stereocenters. The Bertz CT molecular complexity index is 459. The Morgan fingerprint density at radius 3 is 2.94 bits per heavy atom. The minimum atomic E-state index is -0.0857. The van der Waals surface area contributed by atoms with E-state index in [4.69, 9.17) is 0 Å². The van der Waals surface area contributed by atoms with Crippen LogP contribution in [0.4, 0.5) is 5.82 Å². The van der Waals surface area contributed by atoms with Crippen molar-refractivity contribution in [3.8, 4) is 0 Å². The second-order valence-electron chi connectivity index (χ2n) is 4.17. The smallest absolute Gasteiger partial charge is 0.225 e. The summed E-state index contributed by atoms with van der Waals surface area (Å²) in [4.78, 5) is 28.4. The Balaban J connectivity index is 2.21. The van der Waals surface area contributed by atoms with Gasteiger partial charge in [-0.3, -0.25) is 14.5 Å². The summed E-state index contributed by atoms with van der Waals surface area (Å²) in [6, 6.07) is 3.80. The molecular formula is C12H15N3O2. The molecule has 2 heterocycles. The van der Waals surface area contributed by atoms with Crippen molar-refractivity contribution in [3.63, 3.8) is 0 Å². The van der Waals surface area contributed by atoms with Crippen molar-refractivity contribution in [3.05, 3.63) is 23.9 Å². The van der Waals surface area contributed by atoms with Crippen LogP contribution >= 0.6 is 0 Å². The fourth-order valence-electron chi connectivity index (χ4n) is 2.16. The van der Waals surface area contributed by atoms with E-state index >= 15 is 0 Å². The molecule has 1 aromatic heterocycles. The maximum absolute atomic E-state index is 11.6. The summed E-state index contributed by atoms with van der Waals surface area (Å²) >= 11 is 0. The molecule has 1 aliphatic heterocycles. The number of aromatic nitrogens is 1. The number of hydrogen-bond donors (Lipinski definition) is 1. The molecule has 5 heteroatoms. The summed E-state index contributed by atoms with van der Waals surface area (Å²) < 4.78 is 0. The molecule has 5 nitrogen and oxygen atoms in total. The molecule has 0 saturated carbocycles. The predicted octanol–water partition coefficient (Wildman–Crippen LogP) is 0.495. The van der Waals surface area contributed by atoms with Gasteiger partial charge in [-0.1, -0.05) is 6.07 Å². The van der Waals surface area contributed by atoms with E-state index in [1.807, 2.05) is 12.1 Å². The van der Waals surface area contributed by atoms with Gasteiger partial charge in [-0.2, -0.15) is 0 Å². The Morgan fingerprint density at radius 2 is 2.29 bits per heavy atom. The highest BCUT2D eigenvalue weighted by molar-refractivity contribution is 5.93. The summed E-state index contributed by atoms with van der Waals surface area (Å²) in [7, 11) is 0. The van der Waals surface area contributed by atoms with E-state index in [-0.39, 0.29) is 17.9 Å². The molecule has 2 rings (SSSR count). The van der Waals surface area contributed by atoms with Crippen LogP contribution in [-0.2, 0) is 16.0 Å². The van der Waals surface area contributed by atoms with E-state index in [0.29, 0.717) is 6.54 Å². The number of carbonyl (C=O) groups excluding carboxylic acids is 2. The van der Waals surface area contributed by atoms with Crippen molar-refractivity contribution < 1.29 is 9.59 Å². The van der Waals surface area contributed by atoms with Crippen molar-refractivity contribution in [1.82, 2.24) is 10.3 Å². The first-order valence-electron chi connectivity index (χ1n) is 5.57. The summed E-state index contributed by atoms with van der Waals surface area (Å²) in [5.41, 5.74) is 1.05. The van der Waals surface area contributed by atoms with E-state index in [1.165, 1.54) is 13.8 Å². The monoisotopic (exact) mass is 233 g/mol. The van der Waals surface area contributed by atoms with Crippen LogP contribution in [0.3, 0.4) is 0 Å². The zero-order valence-electron chi connectivity index (χ0n) is 9.93. The molecule has 0 aliphatic carbocycles. The number of fused-ring (bicyclic) bond motifs is 1. The van der Waals surface area contributed by atoms with E-state index < -0.39 is 0 Å². The lowest BCUT2D eigenvalue weighted by molar-refractivity contribution is -0.120. The number of nitrogens with one attached hydrogen (secondary N) is 1. The number of carbonyl (C=O) groups is 2. The number of pyridine rings is 1. The Labute approximate surface area is 99.8 Å². The highest BCUT2D eigenvalue weighted by Crippen LogP contribution is 2.29. The lowest BCUT2D eigenvalue weighted by atomic mass is 10.1. The molecular weight excluding hydrogens is 218 g/mol. The van der Waals surface area contributed by atoms with Crippen molar-refractivity contribution in [2.75, 3.05) is 11.4 Å². The Hall–Kier alpha value is -1.91. The summed E-state index contributed by atoms with van der Waals surface area (Å²) in [5, 5.41) is 2.75. The minimum absolute atomic E-state index is 0.0266. The van der Waals surface area contributed by atoms with Crippen molar-refractivity contribution >= 4 is 17.6 Å². The SMILES string of the molecule is CC(=O)NCC1Cc2cccnc2N1C(C)=O. The third-order valence-electron chi connectivity index (χ3n) is 2.84. The maximum Gasteiger partial charge on any atom is 0.225 e. The zero-order chi connectivity index (χ0) is 12.4. The van der Waals surface area contributed by atoms with Gasteiger partial charge in [0.1, 0.15) is 5.82 Å². The molecule has 17 heavy (non-hydrogen) atoms. The summed E-state index contributed by atoms with van der Waals surface area (Å²) in [6.45, 7) is 3.45. The highest BCUT2D eigenvalue weighted by Gasteiger charge is 2.32. The van der Waals surface area contributed by atoms with Gasteiger partial charge in [0, 0.05) is 26.6 Å². The largest absolute Gasteiger partial charge is 0.354 e. The lowest BCUT2D eigenvalue weighted by Crippen LogP contribution is -2.44. The maximum atomic E-state index is 11.6. The van der Waals surface area contributed by atoms with Crippen LogP contribution in [0.5, 0.6) is 0 Å². The van der Waals surface area contributed by atoms with Crippen LogP contribution < -0.4 is 10.2 Å². The van der Waals surface area contributed by atoms with Crippen LogP contribution in [0.15, 0.2) is 18.3 Å². The molecule has 0 spiro atoms. The van der Waals surface area contributed by atoms with Gasteiger partial charge in [-0.05, 0) is 18.1 Å². The van der Waals surface area contributed by atoms with Crippen LogP contribution in [0.25, 0.3) is 0 Å². The Kier molecular flexibility index (Phi) is 3.08.